The van der Waals surface area contributed by atoms with Gasteiger partial charge in [0.2, 0.25) is 10.0 Å². The highest BCUT2D eigenvalue weighted by atomic mass is 32.2. The van der Waals surface area contributed by atoms with E-state index >= 15 is 0 Å². The monoisotopic (exact) mass is 522 g/mol. The van der Waals surface area contributed by atoms with Gasteiger partial charge in [0.1, 0.15) is 11.6 Å². The molecule has 4 N–H and O–H groups in total. The molecule has 10 heteroatoms. The topological polar surface area (TPSA) is 112 Å². The van der Waals surface area contributed by atoms with E-state index < -0.39 is 10.0 Å². The van der Waals surface area contributed by atoms with Crippen LogP contribution < -0.4 is 16.0 Å². The van der Waals surface area contributed by atoms with Crippen LogP contribution in [-0.4, -0.2) is 54.3 Å². The Morgan fingerprint density at radius 1 is 1.16 bits per heavy atom. The van der Waals surface area contributed by atoms with Gasteiger partial charge in [-0.3, -0.25) is 0 Å². The Balaban J connectivity index is 1.33. The molecule has 9 nitrogen and oxygen atoms in total. The van der Waals surface area contributed by atoms with E-state index in [-0.39, 0.29) is 17.7 Å². The van der Waals surface area contributed by atoms with Crippen molar-refractivity contribution >= 4 is 27.3 Å². The maximum absolute atomic E-state index is 13.3. The molecule has 196 valence electrons. The third-order valence-electron chi connectivity index (χ3n) is 7.18. The fraction of sp³-hybridized carbons (Fsp3) is 0.370. The van der Waals surface area contributed by atoms with Crippen LogP contribution in [0.4, 0.5) is 11.5 Å². The van der Waals surface area contributed by atoms with Gasteiger partial charge in [-0.2, -0.15) is 14.1 Å². The second-order valence-corrected chi connectivity index (χ2v) is 11.5. The number of phenols is 1. The van der Waals surface area contributed by atoms with Crippen LogP contribution in [0.15, 0.2) is 65.7 Å². The van der Waals surface area contributed by atoms with E-state index in [9.17, 15) is 13.5 Å². The van der Waals surface area contributed by atoms with Gasteiger partial charge in [0.15, 0.2) is 5.82 Å². The first-order valence-corrected chi connectivity index (χ1v) is 14.2. The highest BCUT2D eigenvalue weighted by Crippen LogP contribution is 2.36. The fourth-order valence-corrected chi connectivity index (χ4v) is 6.58. The number of nitrogens with one attached hydrogen (secondary N) is 3. The van der Waals surface area contributed by atoms with Gasteiger partial charge in [-0.1, -0.05) is 37.3 Å². The molecule has 1 aromatic heterocycles. The normalized spacial score (nSPS) is 20.0. The average Bonchev–Trinajstić information content (AvgIpc) is 3.35. The van der Waals surface area contributed by atoms with Gasteiger partial charge in [-0.25, -0.2) is 8.42 Å². The average molecular weight is 523 g/mol. The molecular weight excluding hydrogens is 488 g/mol. The first-order chi connectivity index (χ1) is 17.9. The Hall–Kier alpha value is -3.50. The molecule has 2 aliphatic rings. The van der Waals surface area contributed by atoms with Crippen molar-refractivity contribution in [1.82, 2.24) is 19.4 Å². The van der Waals surface area contributed by atoms with Crippen LogP contribution in [0.3, 0.4) is 0 Å². The zero-order valence-electron chi connectivity index (χ0n) is 21.2. The number of anilines is 2. The largest absolute Gasteiger partial charge is 0.508 e. The zero-order chi connectivity index (χ0) is 26.0. The van der Waals surface area contributed by atoms with E-state index in [1.54, 1.807) is 39.4 Å². The summed E-state index contributed by atoms with van der Waals surface area (Å²) in [5.74, 6) is 1.96. The summed E-state index contributed by atoms with van der Waals surface area (Å²) in [5.41, 5.74) is 2.73. The van der Waals surface area contributed by atoms with E-state index in [0.29, 0.717) is 24.5 Å². The van der Waals surface area contributed by atoms with Crippen LogP contribution in [0.1, 0.15) is 36.9 Å². The summed E-state index contributed by atoms with van der Waals surface area (Å²) in [6.45, 7) is 3.66. The second kappa shape index (κ2) is 10.5. The number of sulfonamides is 1. The number of fused-ring (bicyclic) bond motifs is 1. The standard InChI is InChI=1S/C27H34N6O3S/c1-3-19-10-12-21(13-11-19)37(35,36)32-14-6-7-20(18-32)16-29-26-15-23(22-8-4-5-9-25(22)34)31-27-24(28-2)17-30-33(26)27/h4-5,8-13,15,17,20,23,28-29,31,34H,3,6-7,14,16,18H2,1-2H3. The van der Waals surface area contributed by atoms with E-state index in [1.807, 2.05) is 37.4 Å². The number of para-hydroxylation sites is 1. The number of nitrogens with zero attached hydrogens (tertiary/aromatic N) is 3. The number of phenolic OH excluding ortho intramolecular Hbond substituents is 1. The first kappa shape index (κ1) is 25.2. The molecular formula is C27H34N6O3S. The van der Waals surface area contributed by atoms with Crippen LogP contribution in [0.2, 0.25) is 0 Å². The maximum Gasteiger partial charge on any atom is 0.243 e. The third kappa shape index (κ3) is 5.03. The molecule has 0 bridgehead atoms. The summed E-state index contributed by atoms with van der Waals surface area (Å²) < 4.78 is 30.0. The van der Waals surface area contributed by atoms with Crippen LogP contribution in [0, 0.1) is 5.92 Å². The summed E-state index contributed by atoms with van der Waals surface area (Å²) in [6.07, 6.45) is 6.39. The minimum atomic E-state index is -3.53. The molecule has 2 aromatic carbocycles. The number of rotatable bonds is 8. The number of hydrogen-bond acceptors (Lipinski definition) is 7. The van der Waals surface area contributed by atoms with E-state index in [4.69, 9.17) is 0 Å². The molecule has 0 amide bonds. The predicted octanol–water partition coefficient (Wildman–Crippen LogP) is 3.85. The molecule has 1 saturated heterocycles. The Morgan fingerprint density at radius 3 is 2.68 bits per heavy atom. The molecule has 2 atom stereocenters. The SMILES string of the molecule is CCc1ccc(S(=O)(=O)N2CCCC(CNC3=CC(c4ccccc4O)Nc4c(NC)cnn43)C2)cc1. The van der Waals surface area contributed by atoms with Crippen molar-refractivity contribution in [2.75, 3.05) is 37.3 Å². The summed E-state index contributed by atoms with van der Waals surface area (Å²) >= 11 is 0. The molecule has 3 aromatic rings. The second-order valence-electron chi connectivity index (χ2n) is 9.55. The van der Waals surface area contributed by atoms with Crippen LogP contribution in [-0.2, 0) is 16.4 Å². The number of aryl methyl sites for hydroxylation is 1. The third-order valence-corrected chi connectivity index (χ3v) is 9.06. The van der Waals surface area contributed by atoms with Crippen molar-refractivity contribution in [1.29, 1.82) is 0 Å². The van der Waals surface area contributed by atoms with Gasteiger partial charge >= 0.3 is 0 Å². The number of benzene rings is 2. The van der Waals surface area contributed by atoms with E-state index in [1.165, 1.54) is 0 Å². The van der Waals surface area contributed by atoms with Crippen LogP contribution >= 0.6 is 0 Å². The van der Waals surface area contributed by atoms with Gasteiger partial charge < -0.3 is 21.1 Å². The van der Waals surface area contributed by atoms with Crippen LogP contribution in [0.25, 0.3) is 5.82 Å². The molecule has 3 heterocycles. The van der Waals surface area contributed by atoms with Gasteiger partial charge in [0, 0.05) is 32.2 Å². The zero-order valence-corrected chi connectivity index (χ0v) is 22.0. The van der Waals surface area contributed by atoms with Crippen molar-refractivity contribution in [3.8, 4) is 5.75 Å². The van der Waals surface area contributed by atoms with Gasteiger partial charge in [0.25, 0.3) is 0 Å². The van der Waals surface area contributed by atoms with Crippen molar-refractivity contribution < 1.29 is 13.5 Å². The first-order valence-electron chi connectivity index (χ1n) is 12.8. The number of aromatic nitrogens is 2. The minimum absolute atomic E-state index is 0.153. The molecule has 1 fully saturated rings. The lowest BCUT2D eigenvalue weighted by atomic mass is 9.99. The lowest BCUT2D eigenvalue weighted by molar-refractivity contribution is 0.265. The Labute approximate surface area is 218 Å². The Bertz CT molecular complexity index is 1380. The van der Waals surface area contributed by atoms with Crippen molar-refractivity contribution in [2.45, 2.75) is 37.1 Å². The molecule has 2 unspecified atom stereocenters. The Morgan fingerprint density at radius 2 is 1.95 bits per heavy atom. The highest BCUT2D eigenvalue weighted by molar-refractivity contribution is 7.89. The molecule has 0 saturated carbocycles. The quantitative estimate of drug-likeness (QED) is 0.356. The smallest absolute Gasteiger partial charge is 0.243 e. The molecule has 0 aliphatic carbocycles. The molecule has 2 aliphatic heterocycles. The van der Waals surface area contributed by atoms with Gasteiger partial charge in [-0.05, 0) is 55.0 Å². The number of aromatic hydroxyl groups is 1. The lowest BCUT2D eigenvalue weighted by Gasteiger charge is -2.33. The molecule has 5 rings (SSSR count). The van der Waals surface area contributed by atoms with Crippen molar-refractivity contribution in [3.63, 3.8) is 0 Å². The summed E-state index contributed by atoms with van der Waals surface area (Å²) in [7, 11) is -1.69. The van der Waals surface area contributed by atoms with Crippen LogP contribution in [0.5, 0.6) is 5.75 Å². The lowest BCUT2D eigenvalue weighted by Crippen LogP contribution is -2.43. The van der Waals surface area contributed by atoms with E-state index in [2.05, 4.69) is 28.0 Å². The summed E-state index contributed by atoms with van der Waals surface area (Å²) in [6, 6.07) is 14.2. The Kier molecular flexibility index (Phi) is 7.12. The van der Waals surface area contributed by atoms with E-state index in [0.717, 1.165) is 47.7 Å². The summed E-state index contributed by atoms with van der Waals surface area (Å²) in [4.78, 5) is 0.352. The van der Waals surface area contributed by atoms with Crippen molar-refractivity contribution in [3.05, 3.63) is 71.9 Å². The summed E-state index contributed by atoms with van der Waals surface area (Å²) in [5, 5.41) is 25.1. The molecule has 0 radical (unpaired) electrons. The van der Waals surface area contributed by atoms with Gasteiger partial charge in [-0.15, -0.1) is 0 Å². The van der Waals surface area contributed by atoms with Crippen molar-refractivity contribution in [2.24, 2.45) is 5.92 Å². The van der Waals surface area contributed by atoms with Gasteiger partial charge in [0.05, 0.1) is 22.8 Å². The predicted molar refractivity (Wildman–Crippen MR) is 146 cm³/mol. The number of piperidine rings is 1. The maximum atomic E-state index is 13.3. The molecule has 0 spiro atoms. The fourth-order valence-electron chi connectivity index (χ4n) is 5.03. The molecule has 37 heavy (non-hydrogen) atoms. The number of hydrogen-bond donors (Lipinski definition) is 4. The minimum Gasteiger partial charge on any atom is -0.508 e. The highest BCUT2D eigenvalue weighted by Gasteiger charge is 2.31.